The highest BCUT2D eigenvalue weighted by Crippen LogP contribution is 2.15. The average molecular weight is 445 g/mol. The van der Waals surface area contributed by atoms with Crippen molar-refractivity contribution in [3.63, 3.8) is 0 Å². The quantitative estimate of drug-likeness (QED) is 0.558. The van der Waals surface area contributed by atoms with Gasteiger partial charge in [0, 0.05) is 13.1 Å². The average Bonchev–Trinajstić information content (AvgIpc) is 2.72. The largest absolute Gasteiger partial charge is 0.240 e. The molecule has 0 saturated heterocycles. The molecule has 0 saturated carbocycles. The Balaban J connectivity index is 1.71. The first kappa shape index (κ1) is 22.2. The Morgan fingerprint density at radius 1 is 0.567 bits per heavy atom. The van der Waals surface area contributed by atoms with E-state index < -0.39 is 20.0 Å². The van der Waals surface area contributed by atoms with E-state index >= 15 is 0 Å². The van der Waals surface area contributed by atoms with Gasteiger partial charge in [0.2, 0.25) is 20.0 Å². The fraction of sp³-hybridized carbons (Fsp3) is 0.182. The third kappa shape index (κ3) is 5.54. The SMILES string of the molecule is Cc1ccc(S(=O)(=O)NCc2ccccc2CNS(=O)(=O)c2ccc(C)cc2)cc1. The Labute approximate surface area is 178 Å². The predicted octanol–water partition coefficient (Wildman–Crippen LogP) is 3.26. The van der Waals surface area contributed by atoms with Crippen molar-refractivity contribution in [2.75, 3.05) is 0 Å². The van der Waals surface area contributed by atoms with Crippen LogP contribution in [0.15, 0.2) is 82.6 Å². The first-order valence-corrected chi connectivity index (χ1v) is 12.3. The van der Waals surface area contributed by atoms with Gasteiger partial charge in [-0.15, -0.1) is 0 Å². The van der Waals surface area contributed by atoms with E-state index in [1.165, 1.54) is 0 Å². The second-order valence-corrected chi connectivity index (χ2v) is 10.6. The second-order valence-electron chi connectivity index (χ2n) is 7.04. The number of hydrogen-bond acceptors (Lipinski definition) is 4. The number of sulfonamides is 2. The minimum atomic E-state index is -3.67. The lowest BCUT2D eigenvalue weighted by molar-refractivity contribution is 0.577. The molecule has 3 aromatic carbocycles. The van der Waals surface area contributed by atoms with Crippen molar-refractivity contribution in [3.8, 4) is 0 Å². The van der Waals surface area contributed by atoms with Crippen molar-refractivity contribution in [1.82, 2.24) is 9.44 Å². The summed E-state index contributed by atoms with van der Waals surface area (Å²) in [5.74, 6) is 0. The molecule has 0 atom stereocenters. The molecule has 30 heavy (non-hydrogen) atoms. The van der Waals surface area contributed by atoms with Crippen molar-refractivity contribution < 1.29 is 16.8 Å². The first-order chi connectivity index (χ1) is 14.2. The van der Waals surface area contributed by atoms with Gasteiger partial charge in [0.15, 0.2) is 0 Å². The van der Waals surface area contributed by atoms with Crippen LogP contribution in [-0.2, 0) is 33.1 Å². The molecule has 0 aromatic heterocycles. The Kier molecular flexibility index (Phi) is 6.72. The van der Waals surface area contributed by atoms with Gasteiger partial charge in [0.1, 0.15) is 0 Å². The second kappa shape index (κ2) is 9.09. The van der Waals surface area contributed by atoms with E-state index in [0.29, 0.717) is 11.1 Å². The molecule has 8 heteroatoms. The standard InChI is InChI=1S/C22H24N2O4S2/c1-17-7-11-21(12-8-17)29(25,26)23-15-19-5-3-4-6-20(19)16-24-30(27,28)22-13-9-18(2)10-14-22/h3-14,23-24H,15-16H2,1-2H3. The van der Waals surface area contributed by atoms with Gasteiger partial charge in [0.05, 0.1) is 9.79 Å². The van der Waals surface area contributed by atoms with Crippen LogP contribution >= 0.6 is 0 Å². The Morgan fingerprint density at radius 2 is 0.900 bits per heavy atom. The molecule has 0 fully saturated rings. The number of rotatable bonds is 8. The fourth-order valence-electron chi connectivity index (χ4n) is 2.85. The van der Waals surface area contributed by atoms with Gasteiger partial charge in [-0.3, -0.25) is 0 Å². The number of benzene rings is 3. The molecule has 0 aliphatic carbocycles. The summed E-state index contributed by atoms with van der Waals surface area (Å²) in [7, 11) is -7.34. The number of nitrogens with one attached hydrogen (secondary N) is 2. The van der Waals surface area contributed by atoms with Crippen molar-refractivity contribution in [3.05, 3.63) is 95.1 Å². The Hall–Kier alpha value is -2.52. The van der Waals surface area contributed by atoms with E-state index in [0.717, 1.165) is 11.1 Å². The van der Waals surface area contributed by atoms with Crippen molar-refractivity contribution >= 4 is 20.0 Å². The highest BCUT2D eigenvalue weighted by atomic mass is 32.2. The molecule has 0 radical (unpaired) electrons. The van der Waals surface area contributed by atoms with E-state index in [9.17, 15) is 16.8 Å². The van der Waals surface area contributed by atoms with E-state index in [1.807, 2.05) is 13.8 Å². The zero-order chi connectivity index (χ0) is 21.8. The minimum Gasteiger partial charge on any atom is -0.207 e. The monoisotopic (exact) mass is 444 g/mol. The van der Waals surface area contributed by atoms with Crippen LogP contribution < -0.4 is 9.44 Å². The summed E-state index contributed by atoms with van der Waals surface area (Å²) in [4.78, 5) is 0.372. The lowest BCUT2D eigenvalue weighted by Gasteiger charge is -2.13. The predicted molar refractivity (Wildman–Crippen MR) is 117 cm³/mol. The molecule has 0 unspecified atom stereocenters. The Bertz CT molecular complexity index is 1120. The van der Waals surface area contributed by atoms with Gasteiger partial charge in [0.25, 0.3) is 0 Å². The van der Waals surface area contributed by atoms with Crippen LogP contribution in [0.3, 0.4) is 0 Å². The van der Waals surface area contributed by atoms with Gasteiger partial charge >= 0.3 is 0 Å². The molecule has 6 nitrogen and oxygen atoms in total. The van der Waals surface area contributed by atoms with Crippen LogP contribution in [0.2, 0.25) is 0 Å². The van der Waals surface area contributed by atoms with Gasteiger partial charge in [-0.25, -0.2) is 26.3 Å². The maximum Gasteiger partial charge on any atom is 0.240 e. The van der Waals surface area contributed by atoms with Gasteiger partial charge in [-0.05, 0) is 49.2 Å². The third-order valence-electron chi connectivity index (χ3n) is 4.69. The van der Waals surface area contributed by atoms with Gasteiger partial charge in [-0.1, -0.05) is 59.7 Å². The fourth-order valence-corrected chi connectivity index (χ4v) is 4.86. The lowest BCUT2D eigenvalue weighted by atomic mass is 10.1. The molecule has 2 N–H and O–H groups in total. The van der Waals surface area contributed by atoms with Gasteiger partial charge in [-0.2, -0.15) is 0 Å². The summed E-state index contributed by atoms with van der Waals surface area (Å²) in [6.45, 7) is 3.88. The molecule has 0 spiro atoms. The van der Waals surface area contributed by atoms with Crippen LogP contribution in [-0.4, -0.2) is 16.8 Å². The molecule has 3 rings (SSSR count). The molecular weight excluding hydrogens is 420 g/mol. The summed E-state index contributed by atoms with van der Waals surface area (Å²) >= 11 is 0. The van der Waals surface area contributed by atoms with Crippen molar-refractivity contribution in [1.29, 1.82) is 0 Å². The maximum absolute atomic E-state index is 12.5. The van der Waals surface area contributed by atoms with E-state index in [4.69, 9.17) is 0 Å². The third-order valence-corrected chi connectivity index (χ3v) is 7.52. The summed E-state index contributed by atoms with van der Waals surface area (Å²) in [5, 5.41) is 0. The molecule has 0 amide bonds. The molecule has 0 aliphatic rings. The zero-order valence-corrected chi connectivity index (χ0v) is 18.4. The van der Waals surface area contributed by atoms with E-state index in [2.05, 4.69) is 9.44 Å². The zero-order valence-electron chi connectivity index (χ0n) is 16.8. The molecular formula is C22H24N2O4S2. The normalized spacial score (nSPS) is 12.1. The summed E-state index contributed by atoms with van der Waals surface area (Å²) in [5.41, 5.74) is 3.33. The number of aryl methyl sites for hydroxylation is 2. The maximum atomic E-state index is 12.5. The highest BCUT2D eigenvalue weighted by Gasteiger charge is 2.16. The van der Waals surface area contributed by atoms with E-state index in [-0.39, 0.29) is 22.9 Å². The number of hydrogen-bond donors (Lipinski definition) is 2. The Morgan fingerprint density at radius 3 is 1.23 bits per heavy atom. The van der Waals surface area contributed by atoms with Crippen LogP contribution in [0, 0.1) is 13.8 Å². The smallest absolute Gasteiger partial charge is 0.207 e. The molecule has 0 aliphatic heterocycles. The van der Waals surface area contributed by atoms with Crippen LogP contribution in [0.4, 0.5) is 0 Å². The summed E-state index contributed by atoms with van der Waals surface area (Å²) in [6.07, 6.45) is 0. The van der Waals surface area contributed by atoms with Crippen molar-refractivity contribution in [2.24, 2.45) is 0 Å². The topological polar surface area (TPSA) is 92.3 Å². The van der Waals surface area contributed by atoms with Crippen molar-refractivity contribution in [2.45, 2.75) is 36.7 Å². The first-order valence-electron chi connectivity index (χ1n) is 9.37. The van der Waals surface area contributed by atoms with Gasteiger partial charge < -0.3 is 0 Å². The van der Waals surface area contributed by atoms with Crippen LogP contribution in [0.25, 0.3) is 0 Å². The molecule has 0 heterocycles. The highest BCUT2D eigenvalue weighted by molar-refractivity contribution is 7.89. The lowest BCUT2D eigenvalue weighted by Crippen LogP contribution is -2.26. The molecule has 0 bridgehead atoms. The molecule has 3 aromatic rings. The van der Waals surface area contributed by atoms with Crippen LogP contribution in [0.1, 0.15) is 22.3 Å². The summed E-state index contributed by atoms with van der Waals surface area (Å²) in [6, 6.07) is 20.3. The summed E-state index contributed by atoms with van der Waals surface area (Å²) < 4.78 is 55.3. The minimum absolute atomic E-state index is 0.0542. The van der Waals surface area contributed by atoms with E-state index in [1.54, 1.807) is 72.8 Å². The van der Waals surface area contributed by atoms with Crippen LogP contribution in [0.5, 0.6) is 0 Å². The molecule has 158 valence electrons.